The van der Waals surface area contributed by atoms with Gasteiger partial charge in [0.15, 0.2) is 5.11 Å². The van der Waals surface area contributed by atoms with Crippen molar-refractivity contribution < 1.29 is 19.1 Å². The Kier molecular flexibility index (Phi) is 7.08. The number of hydrogen-bond acceptors (Lipinski definition) is 5. The molecule has 0 aliphatic carbocycles. The largest absolute Gasteiger partial charge is 0.463 e. The third-order valence-electron chi connectivity index (χ3n) is 3.77. The average Bonchev–Trinajstić information content (AvgIpc) is 2.56. The maximum absolute atomic E-state index is 12.2. The summed E-state index contributed by atoms with van der Waals surface area (Å²) in [5.41, 5.74) is 0.862. The lowest BCUT2D eigenvalue weighted by molar-refractivity contribution is -0.150. The summed E-state index contributed by atoms with van der Waals surface area (Å²) in [6, 6.07) is 8.49. The van der Waals surface area contributed by atoms with E-state index in [-0.39, 0.29) is 35.9 Å². The van der Waals surface area contributed by atoms with Gasteiger partial charge in [-0.2, -0.15) is 0 Å². The van der Waals surface area contributed by atoms with Crippen LogP contribution in [0.25, 0.3) is 0 Å². The summed E-state index contributed by atoms with van der Waals surface area (Å²) in [5, 5.41) is 5.50. The Morgan fingerprint density at radius 2 is 2.04 bits per heavy atom. The molecule has 2 N–H and O–H groups in total. The van der Waals surface area contributed by atoms with Gasteiger partial charge < -0.3 is 20.3 Å². The summed E-state index contributed by atoms with van der Waals surface area (Å²) in [6.45, 7) is 4.29. The second-order valence-corrected chi connectivity index (χ2v) is 6.65. The van der Waals surface area contributed by atoms with Gasteiger partial charge in [0.05, 0.1) is 18.9 Å². The number of carbonyl (C=O) groups is 3. The molecule has 7 nitrogen and oxygen atoms in total. The standard InChI is InChI=1S/C18H23N3O4S/c1-12(2)25-16(23)11-14-17(24)19-8-9-21(14)18(26)20-15(22)10-13-6-4-3-5-7-13/h3-7,12,14H,8-11H2,1-2H3,(H,19,24)(H,20,22,26). The van der Waals surface area contributed by atoms with E-state index < -0.39 is 12.0 Å². The van der Waals surface area contributed by atoms with Gasteiger partial charge in [-0.15, -0.1) is 0 Å². The number of benzene rings is 1. The quantitative estimate of drug-likeness (QED) is 0.582. The minimum absolute atomic E-state index is 0.126. The van der Waals surface area contributed by atoms with Crippen molar-refractivity contribution in [2.75, 3.05) is 13.1 Å². The summed E-state index contributed by atoms with van der Waals surface area (Å²) in [4.78, 5) is 37.9. The molecule has 1 aromatic rings. The number of piperazine rings is 1. The molecule has 1 unspecified atom stereocenters. The lowest BCUT2D eigenvalue weighted by Gasteiger charge is -2.36. The van der Waals surface area contributed by atoms with E-state index in [1.807, 2.05) is 30.3 Å². The molecule has 140 valence electrons. The Morgan fingerprint density at radius 1 is 1.35 bits per heavy atom. The SMILES string of the molecule is CC(C)OC(=O)CC1C(=O)NCCN1C(=S)NC(=O)Cc1ccccc1. The molecule has 2 rings (SSSR count). The van der Waals surface area contributed by atoms with Crippen LogP contribution in [0.3, 0.4) is 0 Å². The zero-order valence-corrected chi connectivity index (χ0v) is 15.7. The Morgan fingerprint density at radius 3 is 2.69 bits per heavy atom. The third-order valence-corrected chi connectivity index (χ3v) is 4.11. The van der Waals surface area contributed by atoms with Crippen LogP contribution in [-0.4, -0.2) is 53.0 Å². The van der Waals surface area contributed by atoms with Crippen molar-refractivity contribution in [1.29, 1.82) is 0 Å². The summed E-state index contributed by atoms with van der Waals surface area (Å²) < 4.78 is 5.11. The molecule has 1 atom stereocenters. The van der Waals surface area contributed by atoms with E-state index in [1.165, 1.54) is 0 Å². The van der Waals surface area contributed by atoms with Gasteiger partial charge >= 0.3 is 5.97 Å². The monoisotopic (exact) mass is 377 g/mol. The van der Waals surface area contributed by atoms with Gasteiger partial charge in [0.2, 0.25) is 11.8 Å². The highest BCUT2D eigenvalue weighted by molar-refractivity contribution is 7.80. The Hall–Kier alpha value is -2.48. The topological polar surface area (TPSA) is 87.7 Å². The molecule has 8 heteroatoms. The number of carbonyl (C=O) groups excluding carboxylic acids is 3. The van der Waals surface area contributed by atoms with Crippen molar-refractivity contribution in [1.82, 2.24) is 15.5 Å². The van der Waals surface area contributed by atoms with Gasteiger partial charge in [0, 0.05) is 13.1 Å². The minimum atomic E-state index is -0.792. The maximum atomic E-state index is 12.2. The number of nitrogens with zero attached hydrogens (tertiary/aromatic N) is 1. The van der Waals surface area contributed by atoms with E-state index in [0.717, 1.165) is 5.56 Å². The first-order chi connectivity index (χ1) is 12.4. The fourth-order valence-corrected chi connectivity index (χ4v) is 2.98. The lowest BCUT2D eigenvalue weighted by atomic mass is 10.1. The van der Waals surface area contributed by atoms with E-state index in [0.29, 0.717) is 13.1 Å². The van der Waals surface area contributed by atoms with Crippen molar-refractivity contribution in [2.24, 2.45) is 0 Å². The molecule has 0 radical (unpaired) electrons. The van der Waals surface area contributed by atoms with Crippen LogP contribution >= 0.6 is 12.2 Å². The molecule has 0 aromatic heterocycles. The molecule has 1 aromatic carbocycles. The molecule has 1 saturated heterocycles. The first-order valence-corrected chi connectivity index (χ1v) is 8.89. The molecule has 0 saturated carbocycles. The molecule has 1 fully saturated rings. The number of esters is 1. The van der Waals surface area contributed by atoms with Crippen LogP contribution in [0.2, 0.25) is 0 Å². The lowest BCUT2D eigenvalue weighted by Crippen LogP contribution is -2.60. The number of thiocarbonyl (C=S) groups is 1. The summed E-state index contributed by atoms with van der Waals surface area (Å²) in [6.07, 6.45) is -0.208. The maximum Gasteiger partial charge on any atom is 0.308 e. The van der Waals surface area contributed by atoms with Gasteiger partial charge in [0.25, 0.3) is 0 Å². The fraction of sp³-hybridized carbons (Fsp3) is 0.444. The van der Waals surface area contributed by atoms with Crippen LogP contribution < -0.4 is 10.6 Å². The minimum Gasteiger partial charge on any atom is -0.463 e. The highest BCUT2D eigenvalue weighted by Gasteiger charge is 2.34. The van der Waals surface area contributed by atoms with Crippen LogP contribution in [0.15, 0.2) is 30.3 Å². The highest BCUT2D eigenvalue weighted by Crippen LogP contribution is 2.11. The van der Waals surface area contributed by atoms with Crippen molar-refractivity contribution in [3.8, 4) is 0 Å². The highest BCUT2D eigenvalue weighted by atomic mass is 32.1. The number of ether oxygens (including phenoxy) is 1. The first-order valence-electron chi connectivity index (χ1n) is 8.48. The van der Waals surface area contributed by atoms with Gasteiger partial charge in [0.1, 0.15) is 6.04 Å². The Bertz CT molecular complexity index is 678. The molecule has 0 spiro atoms. The first kappa shape index (κ1) is 19.8. The van der Waals surface area contributed by atoms with E-state index >= 15 is 0 Å². The molecule has 1 heterocycles. The number of hydrogen-bond donors (Lipinski definition) is 2. The van der Waals surface area contributed by atoms with Crippen LogP contribution in [0, 0.1) is 0 Å². The van der Waals surface area contributed by atoms with Gasteiger partial charge in [-0.1, -0.05) is 30.3 Å². The van der Waals surface area contributed by atoms with Crippen LogP contribution in [-0.2, 0) is 25.5 Å². The second kappa shape index (κ2) is 9.28. The molecule has 1 aliphatic rings. The Balaban J connectivity index is 1.98. The molecule has 2 amide bonds. The van der Waals surface area contributed by atoms with Gasteiger partial charge in [-0.25, -0.2) is 0 Å². The summed E-state index contributed by atoms with van der Waals surface area (Å²) in [7, 11) is 0. The van der Waals surface area contributed by atoms with Crippen molar-refractivity contribution >= 4 is 35.1 Å². The van der Waals surface area contributed by atoms with E-state index in [4.69, 9.17) is 17.0 Å². The van der Waals surface area contributed by atoms with Crippen LogP contribution in [0.1, 0.15) is 25.8 Å². The van der Waals surface area contributed by atoms with Crippen molar-refractivity contribution in [2.45, 2.75) is 38.8 Å². The molecule has 1 aliphatic heterocycles. The number of nitrogens with one attached hydrogen (secondary N) is 2. The summed E-state index contributed by atoms with van der Waals surface area (Å²) >= 11 is 5.30. The fourth-order valence-electron chi connectivity index (χ4n) is 2.65. The molecule has 26 heavy (non-hydrogen) atoms. The molecule has 0 bridgehead atoms. The predicted octanol–water partition coefficient (Wildman–Crippen LogP) is 0.772. The smallest absolute Gasteiger partial charge is 0.308 e. The molecular weight excluding hydrogens is 354 g/mol. The zero-order chi connectivity index (χ0) is 19.1. The van der Waals surface area contributed by atoms with Crippen molar-refractivity contribution in [3.63, 3.8) is 0 Å². The molecular formula is C18H23N3O4S. The van der Waals surface area contributed by atoms with Crippen LogP contribution in [0.4, 0.5) is 0 Å². The number of rotatable bonds is 5. The zero-order valence-electron chi connectivity index (χ0n) is 14.9. The van der Waals surface area contributed by atoms with E-state index in [2.05, 4.69) is 10.6 Å². The average molecular weight is 377 g/mol. The Labute approximate surface area is 158 Å². The van der Waals surface area contributed by atoms with Crippen molar-refractivity contribution in [3.05, 3.63) is 35.9 Å². The van der Waals surface area contributed by atoms with E-state index in [9.17, 15) is 14.4 Å². The third kappa shape index (κ3) is 5.80. The second-order valence-electron chi connectivity index (χ2n) is 6.26. The summed E-state index contributed by atoms with van der Waals surface area (Å²) in [5.74, 6) is -1.06. The normalized spacial score (nSPS) is 16.8. The number of amides is 2. The van der Waals surface area contributed by atoms with Crippen LogP contribution in [0.5, 0.6) is 0 Å². The van der Waals surface area contributed by atoms with Gasteiger partial charge in [-0.05, 0) is 31.6 Å². The predicted molar refractivity (Wildman–Crippen MR) is 100 cm³/mol. The van der Waals surface area contributed by atoms with E-state index in [1.54, 1.807) is 18.7 Å². The van der Waals surface area contributed by atoms with Gasteiger partial charge in [-0.3, -0.25) is 14.4 Å².